The van der Waals surface area contributed by atoms with Gasteiger partial charge in [-0.25, -0.2) is 9.98 Å². The summed E-state index contributed by atoms with van der Waals surface area (Å²) >= 11 is 1.47. The zero-order chi connectivity index (χ0) is 17.2. The summed E-state index contributed by atoms with van der Waals surface area (Å²) in [5, 5.41) is 2.56. The van der Waals surface area contributed by atoms with Gasteiger partial charge in [0.25, 0.3) is 0 Å². The molecule has 0 saturated carbocycles. The molecule has 0 bridgehead atoms. The van der Waals surface area contributed by atoms with Gasteiger partial charge in [-0.1, -0.05) is 24.3 Å². The maximum atomic E-state index is 6.07. The monoisotopic (exact) mass is 348 g/mol. The fraction of sp³-hybridized carbons (Fsp3) is 0.105. The van der Waals surface area contributed by atoms with Crippen LogP contribution in [0.1, 0.15) is 11.1 Å². The van der Waals surface area contributed by atoms with Crippen LogP contribution < -0.4 is 10.3 Å². The van der Waals surface area contributed by atoms with E-state index in [2.05, 4.69) is 68.9 Å². The highest BCUT2D eigenvalue weighted by atomic mass is 32.1. The van der Waals surface area contributed by atoms with Crippen LogP contribution in [0.25, 0.3) is 11.0 Å². The smallest absolute Gasteiger partial charge is 0.230 e. The van der Waals surface area contributed by atoms with Crippen molar-refractivity contribution in [2.24, 2.45) is 17.8 Å². The average Bonchev–Trinajstić information content (AvgIpc) is 3.27. The van der Waals surface area contributed by atoms with Crippen molar-refractivity contribution in [1.29, 1.82) is 0 Å². The third-order valence-corrected chi connectivity index (χ3v) is 4.83. The van der Waals surface area contributed by atoms with Gasteiger partial charge in [-0.05, 0) is 11.6 Å². The first kappa shape index (κ1) is 15.5. The summed E-state index contributed by atoms with van der Waals surface area (Å²) in [4.78, 5) is 8.47. The number of hydrogen-bond acceptors (Lipinski definition) is 3. The first-order valence-electron chi connectivity index (χ1n) is 7.97. The number of hydrogen-bond donors (Lipinski definition) is 1. The van der Waals surface area contributed by atoms with Crippen molar-refractivity contribution in [3.05, 3.63) is 77.6 Å². The molecule has 0 spiro atoms. The number of nitrogens with zero attached hydrogens (tertiary/aromatic N) is 4. The SMILES string of the molecule is C[n+]1cccc2c1ccn2Cc1ccc(C(N)=Nc2nccs2)cc1. The van der Waals surface area contributed by atoms with Crippen LogP contribution in [0.5, 0.6) is 0 Å². The van der Waals surface area contributed by atoms with E-state index in [-0.39, 0.29) is 0 Å². The normalized spacial score (nSPS) is 12.0. The Morgan fingerprint density at radius 2 is 2.08 bits per heavy atom. The fourth-order valence-corrected chi connectivity index (χ4v) is 3.37. The number of nitrogens with two attached hydrogens (primary N) is 1. The molecule has 124 valence electrons. The Morgan fingerprint density at radius 1 is 1.24 bits per heavy atom. The molecular weight excluding hydrogens is 330 g/mol. The minimum absolute atomic E-state index is 0.486. The molecule has 0 atom stereocenters. The fourth-order valence-electron chi connectivity index (χ4n) is 2.85. The predicted octanol–water partition coefficient (Wildman–Crippen LogP) is 3.01. The minimum atomic E-state index is 0.486. The highest BCUT2D eigenvalue weighted by molar-refractivity contribution is 7.13. The van der Waals surface area contributed by atoms with Crippen LogP contribution in [0.2, 0.25) is 0 Å². The zero-order valence-electron chi connectivity index (χ0n) is 13.8. The summed E-state index contributed by atoms with van der Waals surface area (Å²) in [5.74, 6) is 0.486. The summed E-state index contributed by atoms with van der Waals surface area (Å²) in [5.41, 5.74) is 10.6. The van der Waals surface area contributed by atoms with Crippen molar-refractivity contribution in [2.75, 3.05) is 0 Å². The van der Waals surface area contributed by atoms with Gasteiger partial charge in [0.15, 0.2) is 6.20 Å². The number of thiazole rings is 1. The first-order chi connectivity index (χ1) is 12.2. The maximum absolute atomic E-state index is 6.07. The van der Waals surface area contributed by atoms with Gasteiger partial charge in [0, 0.05) is 42.0 Å². The first-order valence-corrected chi connectivity index (χ1v) is 8.85. The number of rotatable bonds is 4. The Hall–Kier alpha value is -2.99. The maximum Gasteiger partial charge on any atom is 0.230 e. The van der Waals surface area contributed by atoms with Gasteiger partial charge in [0.1, 0.15) is 18.4 Å². The molecule has 3 heterocycles. The van der Waals surface area contributed by atoms with Crippen molar-refractivity contribution >= 4 is 33.3 Å². The molecule has 0 aliphatic heterocycles. The van der Waals surface area contributed by atoms with Crippen LogP contribution >= 0.6 is 11.3 Å². The average molecular weight is 348 g/mol. The van der Waals surface area contributed by atoms with Crippen LogP contribution in [0.4, 0.5) is 5.13 Å². The second-order valence-corrected chi connectivity index (χ2v) is 6.71. The second-order valence-electron chi connectivity index (χ2n) is 5.84. The van der Waals surface area contributed by atoms with E-state index in [1.54, 1.807) is 6.20 Å². The highest BCUT2D eigenvalue weighted by Gasteiger charge is 2.09. The zero-order valence-corrected chi connectivity index (χ0v) is 14.6. The molecule has 0 aliphatic rings. The quantitative estimate of drug-likeness (QED) is 0.350. The number of aromatic nitrogens is 3. The van der Waals surface area contributed by atoms with E-state index in [0.717, 1.165) is 12.1 Å². The number of aryl methyl sites for hydroxylation is 1. The van der Waals surface area contributed by atoms with Crippen LogP contribution in [-0.2, 0) is 13.6 Å². The van der Waals surface area contributed by atoms with Crippen LogP contribution in [0, 0.1) is 0 Å². The predicted molar refractivity (Wildman–Crippen MR) is 101 cm³/mol. The topological polar surface area (TPSA) is 60.1 Å². The van der Waals surface area contributed by atoms with Crippen LogP contribution in [0.15, 0.2) is 71.4 Å². The summed E-state index contributed by atoms with van der Waals surface area (Å²) < 4.78 is 4.38. The Kier molecular flexibility index (Phi) is 4.03. The Bertz CT molecular complexity index is 1030. The van der Waals surface area contributed by atoms with E-state index < -0.39 is 0 Å². The lowest BCUT2D eigenvalue weighted by atomic mass is 10.1. The van der Waals surface area contributed by atoms with Crippen molar-refractivity contribution in [3.8, 4) is 0 Å². The Balaban J connectivity index is 1.57. The molecule has 0 fully saturated rings. The van der Waals surface area contributed by atoms with E-state index >= 15 is 0 Å². The lowest BCUT2D eigenvalue weighted by Crippen LogP contribution is -2.27. The molecule has 4 aromatic rings. The molecule has 0 amide bonds. The molecule has 4 rings (SSSR count). The third-order valence-electron chi connectivity index (χ3n) is 4.17. The molecule has 25 heavy (non-hydrogen) atoms. The molecule has 0 saturated heterocycles. The summed E-state index contributed by atoms with van der Waals surface area (Å²) in [6.07, 6.45) is 5.91. The second kappa shape index (κ2) is 6.49. The van der Waals surface area contributed by atoms with Gasteiger partial charge < -0.3 is 10.3 Å². The van der Waals surface area contributed by atoms with Gasteiger partial charge in [-0.2, -0.15) is 4.57 Å². The Labute approximate surface area is 149 Å². The molecule has 1 aromatic carbocycles. The molecule has 3 aromatic heterocycles. The number of aliphatic imine (C=N–C) groups is 1. The largest absolute Gasteiger partial charge is 0.383 e. The lowest BCUT2D eigenvalue weighted by molar-refractivity contribution is -0.644. The van der Waals surface area contributed by atoms with Gasteiger partial charge in [-0.15, -0.1) is 11.3 Å². The van der Waals surface area contributed by atoms with Gasteiger partial charge in [0.05, 0.1) is 0 Å². The number of pyridine rings is 1. The summed E-state index contributed by atoms with van der Waals surface area (Å²) in [6.45, 7) is 0.817. The van der Waals surface area contributed by atoms with Crippen LogP contribution in [-0.4, -0.2) is 15.4 Å². The molecule has 5 nitrogen and oxygen atoms in total. The summed E-state index contributed by atoms with van der Waals surface area (Å²) in [6, 6.07) is 14.5. The van der Waals surface area contributed by atoms with Crippen molar-refractivity contribution < 1.29 is 4.57 Å². The molecule has 2 N–H and O–H groups in total. The van der Waals surface area contributed by atoms with E-state index in [0.29, 0.717) is 11.0 Å². The van der Waals surface area contributed by atoms with Crippen molar-refractivity contribution in [3.63, 3.8) is 0 Å². The molecule has 0 unspecified atom stereocenters. The molecule has 0 aliphatic carbocycles. The van der Waals surface area contributed by atoms with E-state index in [4.69, 9.17) is 5.73 Å². The summed E-state index contributed by atoms with van der Waals surface area (Å²) in [7, 11) is 2.06. The molecule has 6 heteroatoms. The van der Waals surface area contributed by atoms with Crippen LogP contribution in [0.3, 0.4) is 0 Å². The standard InChI is InChI=1S/C19H18N5S/c1-23-10-2-3-17-16(23)8-11-24(17)13-14-4-6-15(7-5-14)18(20)22-19-21-9-12-25-19/h2-12H,13H2,1H3,(H2,20,21,22)/q+1. The number of fused-ring (bicyclic) bond motifs is 1. The van der Waals surface area contributed by atoms with Crippen molar-refractivity contribution in [1.82, 2.24) is 9.55 Å². The highest BCUT2D eigenvalue weighted by Crippen LogP contribution is 2.17. The number of amidine groups is 1. The Morgan fingerprint density at radius 3 is 2.84 bits per heavy atom. The van der Waals surface area contributed by atoms with E-state index in [9.17, 15) is 0 Å². The lowest BCUT2D eigenvalue weighted by Gasteiger charge is -2.06. The molecular formula is C19H18N5S+. The third kappa shape index (κ3) is 3.16. The number of benzene rings is 1. The van der Waals surface area contributed by atoms with Crippen molar-refractivity contribution in [2.45, 2.75) is 6.54 Å². The minimum Gasteiger partial charge on any atom is -0.383 e. The van der Waals surface area contributed by atoms with E-state index in [1.807, 2.05) is 17.5 Å². The van der Waals surface area contributed by atoms with Gasteiger partial charge in [0.2, 0.25) is 10.6 Å². The van der Waals surface area contributed by atoms with E-state index in [1.165, 1.54) is 27.9 Å². The van der Waals surface area contributed by atoms with Gasteiger partial charge >= 0.3 is 0 Å². The molecule has 0 radical (unpaired) electrons. The van der Waals surface area contributed by atoms with Gasteiger partial charge in [-0.3, -0.25) is 0 Å².